The zero-order valence-electron chi connectivity index (χ0n) is 8.78. The number of imide groups is 1. The van der Waals surface area contributed by atoms with Gasteiger partial charge in [0.1, 0.15) is 6.29 Å². The molecule has 0 aliphatic rings. The normalized spacial score (nSPS) is 9.57. The Bertz CT molecular complexity index is 197. The predicted molar refractivity (Wildman–Crippen MR) is 52.6 cm³/mol. The maximum Gasteiger partial charge on any atom is 0.228 e. The second-order valence-corrected chi connectivity index (χ2v) is 2.96. The van der Waals surface area contributed by atoms with Crippen LogP contribution in [0.2, 0.25) is 0 Å². The van der Waals surface area contributed by atoms with Crippen LogP contribution >= 0.6 is 0 Å². The fourth-order valence-corrected chi connectivity index (χ4v) is 1.10. The van der Waals surface area contributed by atoms with Crippen molar-refractivity contribution in [1.82, 2.24) is 4.90 Å². The lowest BCUT2D eigenvalue weighted by Gasteiger charge is -2.18. The van der Waals surface area contributed by atoms with Crippen molar-refractivity contribution in [2.24, 2.45) is 0 Å². The third-order valence-corrected chi connectivity index (χ3v) is 1.91. The molecule has 0 aliphatic carbocycles. The van der Waals surface area contributed by atoms with Crippen LogP contribution in [0.1, 0.15) is 39.5 Å². The molecule has 4 heteroatoms. The lowest BCUT2D eigenvalue weighted by atomic mass is 10.2. The van der Waals surface area contributed by atoms with E-state index in [1.165, 1.54) is 4.90 Å². The van der Waals surface area contributed by atoms with Gasteiger partial charge in [-0.3, -0.25) is 14.5 Å². The van der Waals surface area contributed by atoms with Crippen LogP contribution in [0.5, 0.6) is 0 Å². The number of hydrogen-bond acceptors (Lipinski definition) is 3. The van der Waals surface area contributed by atoms with Crippen molar-refractivity contribution in [3.05, 3.63) is 0 Å². The van der Waals surface area contributed by atoms with E-state index >= 15 is 0 Å². The number of hydrogen-bond donors (Lipinski definition) is 0. The first-order chi connectivity index (χ1) is 6.67. The molecule has 0 N–H and O–H groups in total. The highest BCUT2D eigenvalue weighted by Crippen LogP contribution is 2.01. The highest BCUT2D eigenvalue weighted by Gasteiger charge is 2.16. The Morgan fingerprint density at radius 2 is 1.64 bits per heavy atom. The molecule has 0 atom stereocenters. The zero-order valence-corrected chi connectivity index (χ0v) is 8.78. The first kappa shape index (κ1) is 12.8. The molecule has 0 saturated carbocycles. The average molecular weight is 199 g/mol. The van der Waals surface area contributed by atoms with Crippen molar-refractivity contribution >= 4 is 18.1 Å². The Labute approximate surface area is 84.3 Å². The van der Waals surface area contributed by atoms with Gasteiger partial charge >= 0.3 is 0 Å². The minimum Gasteiger partial charge on any atom is -0.303 e. The van der Waals surface area contributed by atoms with Gasteiger partial charge in [0.15, 0.2) is 0 Å². The first-order valence-electron chi connectivity index (χ1n) is 4.94. The molecule has 0 fully saturated rings. The average Bonchev–Trinajstić information content (AvgIpc) is 2.22. The molecule has 0 aliphatic heterocycles. The highest BCUT2D eigenvalue weighted by atomic mass is 16.2. The standard InChI is InChI=1S/C10H17NO3/c1-3-9(13)11(10(14)4-2)7-5-6-8-12/h8H,3-7H2,1-2H3. The molecule has 0 aromatic heterocycles. The molecule has 0 aromatic rings. The fraction of sp³-hybridized carbons (Fsp3) is 0.700. The Kier molecular flexibility index (Phi) is 6.62. The van der Waals surface area contributed by atoms with Gasteiger partial charge in [-0.05, 0) is 6.42 Å². The number of carbonyl (C=O) groups excluding carboxylic acids is 3. The number of aldehydes is 1. The molecule has 0 saturated heterocycles. The van der Waals surface area contributed by atoms with E-state index in [1.807, 2.05) is 0 Å². The number of carbonyl (C=O) groups is 3. The summed E-state index contributed by atoms with van der Waals surface area (Å²) in [5.74, 6) is -0.328. The Hall–Kier alpha value is -1.19. The van der Waals surface area contributed by atoms with E-state index < -0.39 is 0 Å². The maximum absolute atomic E-state index is 11.3. The quantitative estimate of drug-likeness (QED) is 0.476. The van der Waals surface area contributed by atoms with Gasteiger partial charge in [-0.15, -0.1) is 0 Å². The minimum atomic E-state index is -0.164. The second-order valence-electron chi connectivity index (χ2n) is 2.96. The summed E-state index contributed by atoms with van der Waals surface area (Å²) in [4.78, 5) is 34.0. The monoisotopic (exact) mass is 199 g/mol. The van der Waals surface area contributed by atoms with Gasteiger partial charge in [0.25, 0.3) is 0 Å². The molecule has 0 aromatic carbocycles. The van der Waals surface area contributed by atoms with Crippen molar-refractivity contribution in [3.8, 4) is 0 Å². The van der Waals surface area contributed by atoms with Crippen molar-refractivity contribution < 1.29 is 14.4 Å². The summed E-state index contributed by atoms with van der Waals surface area (Å²) >= 11 is 0. The molecule has 0 spiro atoms. The van der Waals surface area contributed by atoms with Crippen molar-refractivity contribution in [1.29, 1.82) is 0 Å². The smallest absolute Gasteiger partial charge is 0.228 e. The minimum absolute atomic E-state index is 0.164. The van der Waals surface area contributed by atoms with Crippen molar-refractivity contribution in [3.63, 3.8) is 0 Å². The van der Waals surface area contributed by atoms with Crippen LogP contribution in [0.3, 0.4) is 0 Å². The first-order valence-corrected chi connectivity index (χ1v) is 4.94. The summed E-state index contributed by atoms with van der Waals surface area (Å²) in [6.45, 7) is 3.80. The van der Waals surface area contributed by atoms with Crippen LogP contribution in [-0.4, -0.2) is 29.5 Å². The lowest BCUT2D eigenvalue weighted by Crippen LogP contribution is -2.36. The van der Waals surface area contributed by atoms with Gasteiger partial charge in [0.05, 0.1) is 0 Å². The Morgan fingerprint density at radius 3 is 2.00 bits per heavy atom. The van der Waals surface area contributed by atoms with Gasteiger partial charge in [0, 0.05) is 25.8 Å². The van der Waals surface area contributed by atoms with Crippen molar-refractivity contribution in [2.45, 2.75) is 39.5 Å². The number of rotatable bonds is 6. The molecular formula is C10H17NO3. The van der Waals surface area contributed by atoms with E-state index in [4.69, 9.17) is 0 Å². The Balaban J connectivity index is 4.17. The van der Waals surface area contributed by atoms with E-state index in [1.54, 1.807) is 13.8 Å². The van der Waals surface area contributed by atoms with Crippen LogP contribution in [0, 0.1) is 0 Å². The maximum atomic E-state index is 11.3. The van der Waals surface area contributed by atoms with Gasteiger partial charge < -0.3 is 4.79 Å². The molecule has 0 bridgehead atoms. The molecule has 0 radical (unpaired) electrons. The van der Waals surface area contributed by atoms with E-state index in [0.717, 1.165) is 6.29 Å². The van der Waals surface area contributed by atoms with Crippen LogP contribution < -0.4 is 0 Å². The topological polar surface area (TPSA) is 54.5 Å². The summed E-state index contributed by atoms with van der Waals surface area (Å²) in [6, 6.07) is 0. The molecular weight excluding hydrogens is 182 g/mol. The summed E-state index contributed by atoms with van der Waals surface area (Å²) in [5.41, 5.74) is 0. The fourth-order valence-electron chi connectivity index (χ4n) is 1.10. The van der Waals surface area contributed by atoms with E-state index in [2.05, 4.69) is 0 Å². The molecule has 0 rings (SSSR count). The number of nitrogens with zero attached hydrogens (tertiary/aromatic N) is 1. The Morgan fingerprint density at radius 1 is 1.14 bits per heavy atom. The summed E-state index contributed by atoms with van der Waals surface area (Å²) in [6.07, 6.45) is 2.40. The summed E-state index contributed by atoms with van der Waals surface area (Å²) < 4.78 is 0. The van der Waals surface area contributed by atoms with Gasteiger partial charge in [-0.25, -0.2) is 0 Å². The molecule has 80 valence electrons. The molecule has 2 amide bonds. The number of unbranched alkanes of at least 4 members (excludes halogenated alkanes) is 1. The van der Waals surface area contributed by atoms with Gasteiger partial charge in [-0.1, -0.05) is 13.8 Å². The molecule has 0 unspecified atom stereocenters. The van der Waals surface area contributed by atoms with Crippen LogP contribution in [-0.2, 0) is 14.4 Å². The zero-order chi connectivity index (χ0) is 11.0. The summed E-state index contributed by atoms with van der Waals surface area (Å²) in [7, 11) is 0. The third-order valence-electron chi connectivity index (χ3n) is 1.91. The van der Waals surface area contributed by atoms with Gasteiger partial charge in [-0.2, -0.15) is 0 Å². The summed E-state index contributed by atoms with van der Waals surface area (Å²) in [5, 5.41) is 0. The van der Waals surface area contributed by atoms with Crippen LogP contribution in [0.4, 0.5) is 0 Å². The van der Waals surface area contributed by atoms with E-state index in [-0.39, 0.29) is 11.8 Å². The van der Waals surface area contributed by atoms with Crippen LogP contribution in [0.25, 0.3) is 0 Å². The second kappa shape index (κ2) is 7.24. The van der Waals surface area contributed by atoms with E-state index in [9.17, 15) is 14.4 Å². The molecule has 14 heavy (non-hydrogen) atoms. The SMILES string of the molecule is CCC(=O)N(CCCC=O)C(=O)CC. The lowest BCUT2D eigenvalue weighted by molar-refractivity contribution is -0.144. The van der Waals surface area contributed by atoms with Crippen molar-refractivity contribution in [2.75, 3.05) is 6.54 Å². The number of amides is 2. The predicted octanol–water partition coefficient (Wildman–Crippen LogP) is 1.14. The largest absolute Gasteiger partial charge is 0.303 e. The third kappa shape index (κ3) is 4.16. The molecule has 4 nitrogen and oxygen atoms in total. The van der Waals surface area contributed by atoms with E-state index in [0.29, 0.717) is 32.2 Å². The molecule has 0 heterocycles. The van der Waals surface area contributed by atoms with Gasteiger partial charge in [0.2, 0.25) is 11.8 Å². The van der Waals surface area contributed by atoms with Crippen LogP contribution in [0.15, 0.2) is 0 Å². The highest BCUT2D eigenvalue weighted by molar-refractivity contribution is 5.95.